The fraction of sp³-hybridized carbons (Fsp3) is 0.533. The fourth-order valence-electron chi connectivity index (χ4n) is 1.92. The molecule has 98 valence electrons. The summed E-state index contributed by atoms with van der Waals surface area (Å²) in [4.78, 5) is 2.02. The molecule has 0 bridgehead atoms. The third-order valence-corrected chi connectivity index (χ3v) is 3.11. The molecule has 3 heteroatoms. The molecule has 0 radical (unpaired) electrons. The minimum Gasteiger partial charge on any atom is -0.369 e. The molecule has 18 heavy (non-hydrogen) atoms. The lowest BCUT2D eigenvalue weighted by atomic mass is 9.90. The van der Waals surface area contributed by atoms with Crippen molar-refractivity contribution < 1.29 is 4.39 Å². The summed E-state index contributed by atoms with van der Waals surface area (Å²) >= 11 is 0. The van der Waals surface area contributed by atoms with Crippen LogP contribution in [0.5, 0.6) is 0 Å². The van der Waals surface area contributed by atoms with Crippen molar-refractivity contribution in [1.29, 1.82) is 5.26 Å². The summed E-state index contributed by atoms with van der Waals surface area (Å²) in [5, 5.41) is 8.95. The number of hydrogen-bond donors (Lipinski definition) is 0. The van der Waals surface area contributed by atoms with E-state index in [1.165, 1.54) is 6.07 Å². The average molecular weight is 248 g/mol. The molecule has 0 aliphatic heterocycles. The highest BCUT2D eigenvalue weighted by Gasteiger charge is 2.17. The van der Waals surface area contributed by atoms with Gasteiger partial charge in [0.1, 0.15) is 5.82 Å². The molecule has 0 aliphatic rings. The van der Waals surface area contributed by atoms with Gasteiger partial charge in [-0.25, -0.2) is 4.39 Å². The maximum Gasteiger partial charge on any atom is 0.146 e. The van der Waals surface area contributed by atoms with Crippen LogP contribution in [-0.4, -0.2) is 13.1 Å². The molecule has 0 saturated heterocycles. The van der Waals surface area contributed by atoms with Gasteiger partial charge in [-0.05, 0) is 45.7 Å². The second-order valence-electron chi connectivity index (χ2n) is 5.13. The first kappa shape index (κ1) is 14.5. The highest BCUT2D eigenvalue weighted by Crippen LogP contribution is 2.23. The summed E-state index contributed by atoms with van der Waals surface area (Å²) in [6, 6.07) is 9.12. The normalized spacial score (nSPS) is 11.1. The van der Waals surface area contributed by atoms with E-state index in [0.717, 1.165) is 25.9 Å². The van der Waals surface area contributed by atoms with Crippen LogP contribution in [-0.2, 0) is 0 Å². The Morgan fingerprint density at radius 2 is 2.00 bits per heavy atom. The largest absolute Gasteiger partial charge is 0.369 e. The van der Waals surface area contributed by atoms with Crippen LogP contribution in [0.2, 0.25) is 0 Å². The van der Waals surface area contributed by atoms with E-state index in [1.54, 1.807) is 12.1 Å². The number of para-hydroxylation sites is 1. The quantitative estimate of drug-likeness (QED) is 0.761. The van der Waals surface area contributed by atoms with Crippen LogP contribution in [0.4, 0.5) is 10.1 Å². The minimum absolute atomic E-state index is 0.182. The van der Waals surface area contributed by atoms with E-state index in [2.05, 4.69) is 6.07 Å². The van der Waals surface area contributed by atoms with Crippen molar-refractivity contribution in [1.82, 2.24) is 0 Å². The molecule has 0 heterocycles. The maximum atomic E-state index is 13.7. The molecule has 0 aromatic heterocycles. The van der Waals surface area contributed by atoms with Crippen LogP contribution in [0.3, 0.4) is 0 Å². The second kappa shape index (κ2) is 6.39. The molecule has 0 atom stereocenters. The molecule has 0 spiro atoms. The molecule has 0 N–H and O–H groups in total. The summed E-state index contributed by atoms with van der Waals surface area (Å²) in [5.74, 6) is -0.182. The van der Waals surface area contributed by atoms with Crippen molar-refractivity contribution in [2.24, 2.45) is 5.41 Å². The smallest absolute Gasteiger partial charge is 0.146 e. The van der Waals surface area contributed by atoms with Gasteiger partial charge in [0.15, 0.2) is 0 Å². The van der Waals surface area contributed by atoms with Gasteiger partial charge in [0, 0.05) is 13.1 Å². The topological polar surface area (TPSA) is 27.0 Å². The van der Waals surface area contributed by atoms with Gasteiger partial charge in [0.25, 0.3) is 0 Å². The standard InChI is InChI=1S/C15H21FN2/c1-4-18(11-7-10-15(2,3)12-17)14-9-6-5-8-13(14)16/h5-6,8-9H,4,7,10-11H2,1-3H3. The van der Waals surface area contributed by atoms with Crippen LogP contribution >= 0.6 is 0 Å². The van der Waals surface area contributed by atoms with Gasteiger partial charge in [0.2, 0.25) is 0 Å². The SMILES string of the molecule is CCN(CCCC(C)(C)C#N)c1ccccc1F. The van der Waals surface area contributed by atoms with Crippen molar-refractivity contribution in [2.75, 3.05) is 18.0 Å². The Labute approximate surface area is 109 Å². The van der Waals surface area contributed by atoms with Crippen LogP contribution in [0, 0.1) is 22.6 Å². The third kappa shape index (κ3) is 4.03. The Morgan fingerprint density at radius 1 is 1.33 bits per heavy atom. The van der Waals surface area contributed by atoms with Gasteiger partial charge in [0.05, 0.1) is 17.2 Å². The first-order valence-electron chi connectivity index (χ1n) is 6.41. The predicted molar refractivity (Wildman–Crippen MR) is 72.9 cm³/mol. The van der Waals surface area contributed by atoms with Gasteiger partial charge >= 0.3 is 0 Å². The Morgan fingerprint density at radius 3 is 2.56 bits per heavy atom. The summed E-state index contributed by atoms with van der Waals surface area (Å²) in [7, 11) is 0. The maximum absolute atomic E-state index is 13.7. The second-order valence-corrected chi connectivity index (χ2v) is 5.13. The molecule has 0 unspecified atom stereocenters. The zero-order valence-electron chi connectivity index (χ0n) is 11.4. The lowest BCUT2D eigenvalue weighted by Crippen LogP contribution is -2.26. The van der Waals surface area contributed by atoms with Gasteiger partial charge in [-0.15, -0.1) is 0 Å². The highest BCUT2D eigenvalue weighted by molar-refractivity contribution is 5.47. The Bertz CT molecular complexity index is 421. The summed E-state index contributed by atoms with van der Waals surface area (Å²) in [6.45, 7) is 7.44. The van der Waals surface area contributed by atoms with E-state index in [9.17, 15) is 4.39 Å². The number of halogens is 1. The van der Waals surface area contributed by atoms with Gasteiger partial charge in [-0.2, -0.15) is 5.26 Å². The highest BCUT2D eigenvalue weighted by atomic mass is 19.1. The molecule has 0 saturated carbocycles. The first-order chi connectivity index (χ1) is 8.50. The molecule has 0 amide bonds. The first-order valence-corrected chi connectivity index (χ1v) is 6.41. The van der Waals surface area contributed by atoms with E-state index in [1.807, 2.05) is 31.7 Å². The van der Waals surface area contributed by atoms with Crippen molar-refractivity contribution in [2.45, 2.75) is 33.6 Å². The van der Waals surface area contributed by atoms with E-state index in [0.29, 0.717) is 5.69 Å². The minimum atomic E-state index is -0.297. The predicted octanol–water partition coefficient (Wildman–Crippen LogP) is 3.98. The zero-order chi connectivity index (χ0) is 13.6. The summed E-state index contributed by atoms with van der Waals surface area (Å²) in [5.41, 5.74) is 0.351. The number of anilines is 1. The number of hydrogen-bond acceptors (Lipinski definition) is 2. The van der Waals surface area contributed by atoms with Crippen LogP contribution in [0.1, 0.15) is 33.6 Å². The zero-order valence-corrected chi connectivity index (χ0v) is 11.4. The summed E-state index contributed by atoms with van der Waals surface area (Å²) < 4.78 is 13.7. The van der Waals surface area contributed by atoms with E-state index in [-0.39, 0.29) is 11.2 Å². The monoisotopic (exact) mass is 248 g/mol. The number of nitriles is 1. The summed E-state index contributed by atoms with van der Waals surface area (Å²) in [6.07, 6.45) is 1.72. The van der Waals surface area contributed by atoms with Crippen molar-refractivity contribution in [3.8, 4) is 6.07 Å². The number of rotatable bonds is 6. The molecular weight excluding hydrogens is 227 g/mol. The Hall–Kier alpha value is -1.56. The van der Waals surface area contributed by atoms with Crippen molar-refractivity contribution >= 4 is 5.69 Å². The fourth-order valence-corrected chi connectivity index (χ4v) is 1.92. The van der Waals surface area contributed by atoms with E-state index >= 15 is 0 Å². The lowest BCUT2D eigenvalue weighted by molar-refractivity contribution is 0.434. The number of benzene rings is 1. The Kier molecular flexibility index (Phi) is 5.15. The van der Waals surface area contributed by atoms with Crippen molar-refractivity contribution in [3.05, 3.63) is 30.1 Å². The molecule has 1 aromatic carbocycles. The van der Waals surface area contributed by atoms with Crippen LogP contribution < -0.4 is 4.90 Å². The van der Waals surface area contributed by atoms with Crippen molar-refractivity contribution in [3.63, 3.8) is 0 Å². The molecule has 1 rings (SSSR count). The van der Waals surface area contributed by atoms with Gasteiger partial charge < -0.3 is 4.90 Å². The Balaban J connectivity index is 2.59. The third-order valence-electron chi connectivity index (χ3n) is 3.11. The van der Waals surface area contributed by atoms with E-state index < -0.39 is 0 Å². The van der Waals surface area contributed by atoms with Gasteiger partial charge in [-0.3, -0.25) is 0 Å². The number of nitrogens with zero attached hydrogens (tertiary/aromatic N) is 2. The molecule has 0 fully saturated rings. The van der Waals surface area contributed by atoms with Gasteiger partial charge in [-0.1, -0.05) is 12.1 Å². The lowest BCUT2D eigenvalue weighted by Gasteiger charge is -2.25. The molecule has 2 nitrogen and oxygen atoms in total. The average Bonchev–Trinajstić information content (AvgIpc) is 2.36. The van der Waals surface area contributed by atoms with E-state index in [4.69, 9.17) is 5.26 Å². The molecule has 0 aliphatic carbocycles. The van der Waals surface area contributed by atoms with Crippen LogP contribution in [0.25, 0.3) is 0 Å². The van der Waals surface area contributed by atoms with Crippen LogP contribution in [0.15, 0.2) is 24.3 Å². The molecular formula is C15H21FN2. The molecule has 1 aromatic rings.